The van der Waals surface area contributed by atoms with Crippen LogP contribution in [-0.2, 0) is 63.0 Å². The van der Waals surface area contributed by atoms with Gasteiger partial charge in [-0.25, -0.2) is 8.42 Å². The molecule has 3 aromatic carbocycles. The molecule has 5 rings (SSSR count). The van der Waals surface area contributed by atoms with Crippen LogP contribution >= 0.6 is 0 Å². The molecule has 18 nitrogen and oxygen atoms in total. The maximum Gasteiger partial charge on any atom is 0.308 e. The zero-order valence-electron chi connectivity index (χ0n) is 44.8. The van der Waals surface area contributed by atoms with Crippen molar-refractivity contribution in [2.45, 2.75) is 125 Å². The number of benzene rings is 3. The third kappa shape index (κ3) is 23.1. The van der Waals surface area contributed by atoms with E-state index in [1.807, 2.05) is 101 Å². The van der Waals surface area contributed by atoms with Crippen molar-refractivity contribution in [1.29, 1.82) is 0 Å². The van der Waals surface area contributed by atoms with Gasteiger partial charge < -0.3 is 45.0 Å². The molecule has 0 unspecified atom stereocenters. The van der Waals surface area contributed by atoms with Crippen LogP contribution in [0, 0.1) is 29.1 Å². The number of morpholine rings is 1. The smallest absolute Gasteiger partial charge is 0.308 e. The van der Waals surface area contributed by atoms with Gasteiger partial charge >= 0.3 is 5.97 Å². The minimum atomic E-state index is -3.92. The fourth-order valence-electron chi connectivity index (χ4n) is 9.25. The minimum Gasteiger partial charge on any atom is -0.748 e. The van der Waals surface area contributed by atoms with Gasteiger partial charge in [-0.05, 0) is 86.1 Å². The normalized spacial score (nSPS) is 16.3. The van der Waals surface area contributed by atoms with Crippen molar-refractivity contribution in [3.63, 3.8) is 0 Å². The van der Waals surface area contributed by atoms with Gasteiger partial charge in [-0.1, -0.05) is 103 Å². The topological polar surface area (TPSA) is 275 Å². The van der Waals surface area contributed by atoms with E-state index in [-0.39, 0.29) is 86.6 Å². The summed E-state index contributed by atoms with van der Waals surface area (Å²) in [6.45, 7) is 13.7. The van der Waals surface area contributed by atoms with Gasteiger partial charge in [0.1, 0.15) is 32.8 Å². The molecule has 1 saturated heterocycles. The number of carbonyl (C=O) groups excluding carboxylic acids is 6. The Kier molecular flexibility index (Phi) is 26.0. The summed E-state index contributed by atoms with van der Waals surface area (Å²) in [5.41, 5.74) is 11.0. The molecule has 19 heteroatoms. The number of hydrogen-bond acceptors (Lipinski definition) is 15. The van der Waals surface area contributed by atoms with Crippen LogP contribution in [0.1, 0.15) is 111 Å². The predicted molar refractivity (Wildman–Crippen MR) is 291 cm³/mol. The van der Waals surface area contributed by atoms with Gasteiger partial charge in [-0.15, -0.1) is 0 Å². The molecular formula is C57H84N6O12S. The zero-order chi connectivity index (χ0) is 55.3. The van der Waals surface area contributed by atoms with E-state index in [1.165, 1.54) is 13.1 Å². The zero-order valence-corrected chi connectivity index (χ0v) is 45.6. The lowest BCUT2D eigenvalue weighted by atomic mass is 9.87. The third-order valence-electron chi connectivity index (χ3n) is 13.3. The van der Waals surface area contributed by atoms with Crippen molar-refractivity contribution in [2.75, 3.05) is 45.7 Å². The van der Waals surface area contributed by atoms with Crippen LogP contribution in [0.2, 0.25) is 0 Å². The molecule has 0 radical (unpaired) electrons. The highest BCUT2D eigenvalue weighted by molar-refractivity contribution is 7.84. The quantitative estimate of drug-likeness (QED) is 0.0136. The largest absolute Gasteiger partial charge is 0.748 e. The molecule has 2 fully saturated rings. The van der Waals surface area contributed by atoms with Crippen molar-refractivity contribution < 1.29 is 60.4 Å². The standard InChI is InChI=1S/C55H76N6O9.CH4O3S.CH4/c1-37(2)27-47(49(64)32-44(29-41-15-11-8-12-16-41)54(67)60-48(28-38(3)4)52(65)55(6)21-22-55)59-53(66)43(19-17-40-13-9-7-10-14-40)31-46(63)35-61(23-25-68-26-24-61)34-42-18-20-50(70-39(5)62)51(30-42)69-36-45(56)33-58-57;1-5(2,3)4;/h7-16,18,20,30,33,37-38,43-44,47-48,58H,17,19,21-29,31-32,34-36,56-57H2,1-6H3,(H-,59,60,66,67);1H3,(H,2,3,4);1H4/b45-33-;;/t43-,44-,47+,48+;;/m1../s1. The molecule has 2 aliphatic rings. The van der Waals surface area contributed by atoms with Gasteiger partial charge in [0.25, 0.3) is 0 Å². The number of rotatable bonds is 29. The van der Waals surface area contributed by atoms with Crippen LogP contribution in [0.25, 0.3) is 0 Å². The summed E-state index contributed by atoms with van der Waals surface area (Å²) in [5, 5.41) is 6.17. The van der Waals surface area contributed by atoms with Crippen molar-refractivity contribution in [1.82, 2.24) is 16.1 Å². The second-order valence-corrected chi connectivity index (χ2v) is 22.7. The minimum absolute atomic E-state index is 0. The van der Waals surface area contributed by atoms with E-state index >= 15 is 0 Å². The molecule has 420 valence electrons. The van der Waals surface area contributed by atoms with Crippen LogP contribution in [0.15, 0.2) is 90.8 Å². The summed E-state index contributed by atoms with van der Waals surface area (Å²) in [6, 6.07) is 23.0. The third-order valence-corrected chi connectivity index (χ3v) is 13.3. The molecule has 1 aliphatic heterocycles. The lowest BCUT2D eigenvalue weighted by Crippen LogP contribution is -2.57. The molecule has 1 saturated carbocycles. The fourth-order valence-corrected chi connectivity index (χ4v) is 9.25. The SMILES string of the molecule is C.CC(=O)Oc1ccc(C[N+]2(CC(=O)C[C@@H](CCc3ccccc3)C(=O)N[C@@H](CC(C)C)C(=O)C[C@@H](Cc3ccccc3)C(=O)N[C@@H](CC(C)C)C(=O)C3(C)CC3)CCOCC2)cc1OC/C(N)=C/NN.CS(=O)(=O)[O-]. The molecular weight excluding hydrogens is 993 g/mol. The van der Waals surface area contributed by atoms with E-state index in [1.54, 1.807) is 12.1 Å². The maximum absolute atomic E-state index is 14.7. The molecule has 1 heterocycles. The Hall–Kier alpha value is -5.99. The van der Waals surface area contributed by atoms with E-state index in [2.05, 4.69) is 16.1 Å². The number of hydrogen-bond donors (Lipinski definition) is 5. The molecule has 0 spiro atoms. The summed E-state index contributed by atoms with van der Waals surface area (Å²) in [6.07, 6.45) is 5.41. The van der Waals surface area contributed by atoms with Crippen LogP contribution < -0.4 is 37.1 Å². The Morgan fingerprint density at radius 3 is 1.91 bits per heavy atom. The highest BCUT2D eigenvalue weighted by atomic mass is 32.2. The van der Waals surface area contributed by atoms with Gasteiger partial charge in [0, 0.05) is 55.0 Å². The van der Waals surface area contributed by atoms with E-state index in [0.29, 0.717) is 80.7 Å². The van der Waals surface area contributed by atoms with Crippen LogP contribution in [0.3, 0.4) is 0 Å². The highest BCUT2D eigenvalue weighted by Gasteiger charge is 2.48. The van der Waals surface area contributed by atoms with Crippen molar-refractivity contribution in [2.24, 2.45) is 40.7 Å². The Morgan fingerprint density at radius 2 is 1.36 bits per heavy atom. The first kappa shape index (κ1) is 64.3. The lowest BCUT2D eigenvalue weighted by Gasteiger charge is -2.41. The fraction of sp³-hybridized carbons (Fsp3) is 0.544. The number of quaternary nitrogens is 1. The average Bonchev–Trinajstić information content (AvgIpc) is 4.09. The molecule has 4 atom stereocenters. The van der Waals surface area contributed by atoms with Crippen LogP contribution in [-0.4, -0.2) is 110 Å². The van der Waals surface area contributed by atoms with E-state index in [4.69, 9.17) is 38.8 Å². The summed E-state index contributed by atoms with van der Waals surface area (Å²) in [7, 11) is -3.92. The van der Waals surface area contributed by atoms with E-state index in [0.717, 1.165) is 29.5 Å². The second kappa shape index (κ2) is 30.7. The Balaban J connectivity index is 0.00000242. The second-order valence-electron chi connectivity index (χ2n) is 21.3. The average molecular weight is 1080 g/mol. The molecule has 76 heavy (non-hydrogen) atoms. The molecule has 0 aromatic heterocycles. The highest BCUT2D eigenvalue weighted by Crippen LogP contribution is 2.47. The van der Waals surface area contributed by atoms with Crippen molar-refractivity contribution in [3.8, 4) is 11.5 Å². The molecule has 7 N–H and O–H groups in total. The van der Waals surface area contributed by atoms with Gasteiger partial charge in [0.15, 0.2) is 28.8 Å². The van der Waals surface area contributed by atoms with Gasteiger partial charge in [0.05, 0.1) is 41.1 Å². The molecule has 1 aliphatic carbocycles. The predicted octanol–water partition coefficient (Wildman–Crippen LogP) is 5.86. The first-order valence-electron chi connectivity index (χ1n) is 25.8. The number of amides is 2. The van der Waals surface area contributed by atoms with Gasteiger partial charge in [-0.2, -0.15) is 0 Å². The van der Waals surface area contributed by atoms with Crippen molar-refractivity contribution >= 4 is 45.3 Å². The number of ketones is 3. The first-order valence-corrected chi connectivity index (χ1v) is 27.6. The number of aryl methyl sites for hydroxylation is 1. The van der Waals surface area contributed by atoms with E-state index < -0.39 is 45.4 Å². The first-order chi connectivity index (χ1) is 35.4. The summed E-state index contributed by atoms with van der Waals surface area (Å²) < 4.78 is 44.7. The number of nitrogens with one attached hydrogen (secondary N) is 3. The number of ether oxygens (including phenoxy) is 3. The van der Waals surface area contributed by atoms with E-state index in [9.17, 15) is 28.8 Å². The Morgan fingerprint density at radius 1 is 0.803 bits per heavy atom. The Labute approximate surface area is 450 Å². The molecule has 0 bridgehead atoms. The lowest BCUT2D eigenvalue weighted by molar-refractivity contribution is -0.940. The molecule has 3 aromatic rings. The number of esters is 1. The summed E-state index contributed by atoms with van der Waals surface area (Å²) in [4.78, 5) is 83.7. The van der Waals surface area contributed by atoms with Crippen molar-refractivity contribution in [3.05, 3.63) is 107 Å². The number of carbonyl (C=O) groups is 6. The monoisotopic (exact) mass is 1080 g/mol. The van der Waals surface area contributed by atoms with Crippen LogP contribution in [0.5, 0.6) is 11.5 Å². The number of nitrogens with two attached hydrogens (primary N) is 2. The number of nitrogens with zero attached hydrogens (tertiary/aromatic N) is 1. The number of hydrazine groups is 1. The summed E-state index contributed by atoms with van der Waals surface area (Å²) >= 11 is 0. The number of Topliss-reactive ketones (excluding diaryl/α,β-unsaturated/α-hetero) is 3. The van der Waals surface area contributed by atoms with Crippen LogP contribution in [0.4, 0.5) is 0 Å². The summed E-state index contributed by atoms with van der Waals surface area (Å²) in [5.74, 6) is 2.92. The maximum atomic E-state index is 14.7. The molecule has 2 amide bonds. The van der Waals surface area contributed by atoms with Gasteiger partial charge in [-0.3, -0.25) is 34.6 Å². The van der Waals surface area contributed by atoms with Gasteiger partial charge in [0.2, 0.25) is 11.8 Å². The Bertz CT molecular complexity index is 2500.